The molecule has 1 amide bonds. The monoisotopic (exact) mass is 351 g/mol. The van der Waals surface area contributed by atoms with Crippen molar-refractivity contribution in [3.8, 4) is 0 Å². The Balaban J connectivity index is 2.05. The Labute approximate surface area is 154 Å². The van der Waals surface area contributed by atoms with E-state index in [1.165, 1.54) is 23.8 Å². The Kier molecular flexibility index (Phi) is 5.12. The minimum absolute atomic E-state index is 0.119. The summed E-state index contributed by atoms with van der Waals surface area (Å²) >= 11 is 0. The highest BCUT2D eigenvalue weighted by molar-refractivity contribution is 5.97. The molecular weight excluding hydrogens is 326 g/mol. The van der Waals surface area contributed by atoms with E-state index >= 15 is 0 Å². The number of rotatable bonds is 3. The maximum atomic E-state index is 13.2. The first-order valence-corrected chi connectivity index (χ1v) is 8.98. The Morgan fingerprint density at radius 3 is 2.31 bits per heavy atom. The lowest BCUT2D eigenvalue weighted by molar-refractivity contribution is -0.145. The fourth-order valence-corrected chi connectivity index (χ4v) is 3.83. The molecule has 2 aromatic rings. The van der Waals surface area contributed by atoms with Crippen molar-refractivity contribution < 1.29 is 14.3 Å². The van der Waals surface area contributed by atoms with Gasteiger partial charge >= 0.3 is 5.97 Å². The maximum absolute atomic E-state index is 13.2. The molecule has 26 heavy (non-hydrogen) atoms. The number of esters is 1. The molecule has 0 aromatic heterocycles. The summed E-state index contributed by atoms with van der Waals surface area (Å²) in [6.07, 6.45) is 1.37. The number of nitrogens with zero attached hydrogens (tertiary/aromatic N) is 1. The van der Waals surface area contributed by atoms with Gasteiger partial charge in [0.1, 0.15) is 6.04 Å². The van der Waals surface area contributed by atoms with Crippen LogP contribution < -0.4 is 0 Å². The summed E-state index contributed by atoms with van der Waals surface area (Å²) in [5.41, 5.74) is 5.36. The van der Waals surface area contributed by atoms with E-state index in [4.69, 9.17) is 4.74 Å². The third-order valence-electron chi connectivity index (χ3n) is 5.57. The average Bonchev–Trinajstić information content (AvgIpc) is 3.10. The zero-order chi connectivity index (χ0) is 18.8. The Morgan fingerprint density at radius 2 is 1.65 bits per heavy atom. The maximum Gasteiger partial charge on any atom is 0.328 e. The molecule has 0 bridgehead atoms. The van der Waals surface area contributed by atoms with Gasteiger partial charge in [0.2, 0.25) is 0 Å². The lowest BCUT2D eigenvalue weighted by atomic mass is 9.93. The number of hydrogen-bond donors (Lipinski definition) is 0. The molecule has 1 heterocycles. The molecule has 1 saturated heterocycles. The first-order chi connectivity index (χ1) is 12.5. The zero-order valence-electron chi connectivity index (χ0n) is 15.8. The summed E-state index contributed by atoms with van der Waals surface area (Å²) in [5, 5.41) is 0. The number of carbonyl (C=O) groups excluding carboxylic acids is 2. The highest BCUT2D eigenvalue weighted by Gasteiger charge is 2.43. The molecule has 1 aliphatic rings. The zero-order valence-corrected chi connectivity index (χ0v) is 15.8. The van der Waals surface area contributed by atoms with E-state index in [1.807, 2.05) is 18.2 Å². The third-order valence-corrected chi connectivity index (χ3v) is 5.57. The third kappa shape index (κ3) is 3.12. The number of likely N-dealkylation sites (tertiary alicyclic amines) is 1. The number of amides is 1. The summed E-state index contributed by atoms with van der Waals surface area (Å²) in [4.78, 5) is 27.3. The fraction of sp³-hybridized carbons (Fsp3) is 0.364. The SMILES string of the molecule is COC(=O)C1CC[C@@H](c2ccc(C)c(C)c2C)N1C(=O)c1ccccc1. The first-order valence-electron chi connectivity index (χ1n) is 8.98. The van der Waals surface area contributed by atoms with Gasteiger partial charge in [-0.2, -0.15) is 0 Å². The van der Waals surface area contributed by atoms with Crippen LogP contribution in [0.3, 0.4) is 0 Å². The summed E-state index contributed by atoms with van der Waals surface area (Å²) in [6, 6.07) is 12.7. The molecule has 0 N–H and O–H groups in total. The van der Waals surface area contributed by atoms with Crippen LogP contribution in [0.2, 0.25) is 0 Å². The van der Waals surface area contributed by atoms with Crippen molar-refractivity contribution in [3.63, 3.8) is 0 Å². The van der Waals surface area contributed by atoms with Gasteiger partial charge in [-0.25, -0.2) is 4.79 Å². The lowest BCUT2D eigenvalue weighted by Crippen LogP contribution is -2.42. The van der Waals surface area contributed by atoms with Gasteiger partial charge in [-0.1, -0.05) is 30.3 Å². The molecule has 0 aliphatic carbocycles. The van der Waals surface area contributed by atoms with E-state index < -0.39 is 6.04 Å². The van der Waals surface area contributed by atoms with Crippen LogP contribution >= 0.6 is 0 Å². The average molecular weight is 351 g/mol. The van der Waals surface area contributed by atoms with Crippen molar-refractivity contribution in [1.29, 1.82) is 0 Å². The molecule has 0 spiro atoms. The van der Waals surface area contributed by atoms with Crippen molar-refractivity contribution in [3.05, 3.63) is 70.3 Å². The number of ether oxygens (including phenoxy) is 1. The van der Waals surface area contributed by atoms with E-state index in [9.17, 15) is 9.59 Å². The quantitative estimate of drug-likeness (QED) is 0.781. The minimum atomic E-state index is -0.543. The Bertz CT molecular complexity index is 829. The molecule has 1 unspecified atom stereocenters. The van der Waals surface area contributed by atoms with Crippen LogP contribution in [0.1, 0.15) is 51.5 Å². The van der Waals surface area contributed by atoms with Gasteiger partial charge in [-0.3, -0.25) is 4.79 Å². The van der Waals surface area contributed by atoms with E-state index in [0.717, 1.165) is 12.0 Å². The minimum Gasteiger partial charge on any atom is -0.467 e. The van der Waals surface area contributed by atoms with Crippen LogP contribution in [-0.2, 0) is 9.53 Å². The number of methoxy groups -OCH3 is 1. The van der Waals surface area contributed by atoms with Gasteiger partial charge in [0.15, 0.2) is 0 Å². The van der Waals surface area contributed by atoms with Crippen molar-refractivity contribution in [2.75, 3.05) is 7.11 Å². The van der Waals surface area contributed by atoms with Gasteiger partial charge in [-0.15, -0.1) is 0 Å². The molecule has 1 fully saturated rings. The van der Waals surface area contributed by atoms with Crippen LogP contribution in [0.25, 0.3) is 0 Å². The fourth-order valence-electron chi connectivity index (χ4n) is 3.83. The predicted octanol–water partition coefficient (Wildman–Crippen LogP) is 4.13. The summed E-state index contributed by atoms with van der Waals surface area (Å²) in [7, 11) is 1.38. The van der Waals surface area contributed by atoms with Gasteiger partial charge in [0, 0.05) is 5.56 Å². The molecule has 4 heteroatoms. The van der Waals surface area contributed by atoms with Crippen LogP contribution in [0, 0.1) is 20.8 Å². The van der Waals surface area contributed by atoms with Gasteiger partial charge in [0.25, 0.3) is 5.91 Å². The van der Waals surface area contributed by atoms with Crippen molar-refractivity contribution in [2.24, 2.45) is 0 Å². The molecule has 0 saturated carbocycles. The van der Waals surface area contributed by atoms with E-state index in [1.54, 1.807) is 17.0 Å². The first kappa shape index (κ1) is 18.2. The highest BCUT2D eigenvalue weighted by atomic mass is 16.5. The molecule has 1 aliphatic heterocycles. The van der Waals surface area contributed by atoms with E-state index in [0.29, 0.717) is 12.0 Å². The standard InChI is InChI=1S/C22H25NO3/c1-14-10-11-18(16(3)15(14)2)19-12-13-20(22(25)26-4)23(19)21(24)17-8-6-5-7-9-17/h5-11,19-20H,12-13H2,1-4H3/t19-,20?/m0/s1. The van der Waals surface area contributed by atoms with Crippen molar-refractivity contribution in [1.82, 2.24) is 4.90 Å². The summed E-state index contributed by atoms with van der Waals surface area (Å²) < 4.78 is 4.97. The number of carbonyl (C=O) groups is 2. The normalized spacial score (nSPS) is 19.5. The second-order valence-corrected chi connectivity index (χ2v) is 6.93. The van der Waals surface area contributed by atoms with Crippen molar-refractivity contribution in [2.45, 2.75) is 45.7 Å². The number of hydrogen-bond acceptors (Lipinski definition) is 3. The van der Waals surface area contributed by atoms with Gasteiger partial charge < -0.3 is 9.64 Å². The van der Waals surface area contributed by atoms with Crippen molar-refractivity contribution >= 4 is 11.9 Å². The largest absolute Gasteiger partial charge is 0.467 e. The van der Waals surface area contributed by atoms with E-state index in [2.05, 4.69) is 32.9 Å². The molecule has 136 valence electrons. The highest BCUT2D eigenvalue weighted by Crippen LogP contribution is 2.40. The van der Waals surface area contributed by atoms with Crippen LogP contribution in [0.4, 0.5) is 0 Å². The number of benzene rings is 2. The smallest absolute Gasteiger partial charge is 0.328 e. The molecule has 2 atom stereocenters. The molecule has 0 radical (unpaired) electrons. The second-order valence-electron chi connectivity index (χ2n) is 6.93. The van der Waals surface area contributed by atoms with Crippen LogP contribution in [-0.4, -0.2) is 29.9 Å². The molecular formula is C22H25NO3. The lowest BCUT2D eigenvalue weighted by Gasteiger charge is -2.31. The molecule has 4 nitrogen and oxygen atoms in total. The second kappa shape index (κ2) is 7.32. The van der Waals surface area contributed by atoms with Gasteiger partial charge in [-0.05, 0) is 68.0 Å². The summed E-state index contributed by atoms with van der Waals surface area (Å²) in [6.45, 7) is 6.28. The number of aryl methyl sites for hydroxylation is 1. The Hall–Kier alpha value is -2.62. The van der Waals surface area contributed by atoms with Crippen LogP contribution in [0.15, 0.2) is 42.5 Å². The summed E-state index contributed by atoms with van der Waals surface area (Å²) in [5.74, 6) is -0.473. The predicted molar refractivity (Wildman–Crippen MR) is 101 cm³/mol. The molecule has 3 rings (SSSR count). The topological polar surface area (TPSA) is 46.6 Å². The Morgan fingerprint density at radius 1 is 0.962 bits per heavy atom. The van der Waals surface area contributed by atoms with Gasteiger partial charge in [0.05, 0.1) is 13.2 Å². The van der Waals surface area contributed by atoms with E-state index in [-0.39, 0.29) is 17.9 Å². The van der Waals surface area contributed by atoms with Crippen LogP contribution in [0.5, 0.6) is 0 Å². The molecule has 2 aromatic carbocycles.